The van der Waals surface area contributed by atoms with Crippen molar-refractivity contribution in [2.45, 2.75) is 19.9 Å². The van der Waals surface area contributed by atoms with Gasteiger partial charge in [0.2, 0.25) is 0 Å². The van der Waals surface area contributed by atoms with E-state index >= 15 is 0 Å². The Balaban J connectivity index is 2.89. The maximum atomic E-state index is 8.21. The highest BCUT2D eigenvalue weighted by molar-refractivity contribution is 5.23. The molecule has 0 heterocycles. The standard InChI is InChI=1S/C9H11N3/c1-7-3-5-9(6-4-7)8(2)11-12-10/h3-6,8H,1-2H3. The van der Waals surface area contributed by atoms with E-state index in [1.54, 1.807) is 0 Å². The number of azide groups is 1. The van der Waals surface area contributed by atoms with Gasteiger partial charge in [-0.05, 0) is 18.0 Å². The lowest BCUT2D eigenvalue weighted by Crippen LogP contribution is -1.87. The zero-order chi connectivity index (χ0) is 8.97. The third-order valence-corrected chi connectivity index (χ3v) is 1.78. The SMILES string of the molecule is Cc1ccc(C(C)N=[N+]=[N-])cc1. The Labute approximate surface area is 71.7 Å². The van der Waals surface area contributed by atoms with Crippen LogP contribution in [0.5, 0.6) is 0 Å². The molecular formula is C9H11N3. The average Bonchev–Trinajstić information content (AvgIpc) is 2.06. The van der Waals surface area contributed by atoms with Crippen LogP contribution in [0.25, 0.3) is 10.4 Å². The second-order valence-electron chi connectivity index (χ2n) is 2.79. The van der Waals surface area contributed by atoms with Crippen molar-refractivity contribution in [1.82, 2.24) is 0 Å². The molecule has 1 atom stereocenters. The van der Waals surface area contributed by atoms with Crippen molar-refractivity contribution >= 4 is 0 Å². The molecule has 0 N–H and O–H groups in total. The number of nitrogens with zero attached hydrogens (tertiary/aromatic N) is 3. The van der Waals surface area contributed by atoms with Crippen molar-refractivity contribution in [3.05, 3.63) is 45.8 Å². The van der Waals surface area contributed by atoms with E-state index in [9.17, 15) is 0 Å². The van der Waals surface area contributed by atoms with Crippen LogP contribution in [0.15, 0.2) is 29.4 Å². The summed E-state index contributed by atoms with van der Waals surface area (Å²) in [6.07, 6.45) is 0. The van der Waals surface area contributed by atoms with E-state index in [0.717, 1.165) is 5.56 Å². The Bertz CT molecular complexity index is 296. The second-order valence-corrected chi connectivity index (χ2v) is 2.79. The van der Waals surface area contributed by atoms with Gasteiger partial charge in [-0.3, -0.25) is 0 Å². The highest BCUT2D eigenvalue weighted by Crippen LogP contribution is 2.16. The predicted molar refractivity (Wildman–Crippen MR) is 48.7 cm³/mol. The van der Waals surface area contributed by atoms with Gasteiger partial charge in [0, 0.05) is 4.91 Å². The molecule has 1 aromatic rings. The van der Waals surface area contributed by atoms with Crippen LogP contribution in [0, 0.1) is 6.92 Å². The van der Waals surface area contributed by atoms with Crippen molar-refractivity contribution in [1.29, 1.82) is 0 Å². The van der Waals surface area contributed by atoms with Crippen LogP contribution in [-0.2, 0) is 0 Å². The Kier molecular flexibility index (Phi) is 2.72. The Morgan fingerprint density at radius 1 is 1.33 bits per heavy atom. The highest BCUT2D eigenvalue weighted by Gasteiger charge is 2.00. The molecule has 0 bridgehead atoms. The lowest BCUT2D eigenvalue weighted by Gasteiger charge is -2.03. The highest BCUT2D eigenvalue weighted by atomic mass is 15.1. The van der Waals surface area contributed by atoms with Crippen LogP contribution in [0.2, 0.25) is 0 Å². The van der Waals surface area contributed by atoms with Crippen molar-refractivity contribution in [2.75, 3.05) is 0 Å². The molecule has 0 aliphatic heterocycles. The van der Waals surface area contributed by atoms with Gasteiger partial charge in [0.25, 0.3) is 0 Å². The molecule has 3 heteroatoms. The Morgan fingerprint density at radius 2 is 1.92 bits per heavy atom. The van der Waals surface area contributed by atoms with Gasteiger partial charge in [0.15, 0.2) is 0 Å². The van der Waals surface area contributed by atoms with E-state index in [0.29, 0.717) is 0 Å². The third kappa shape index (κ3) is 2.01. The first-order chi connectivity index (χ1) is 5.74. The third-order valence-electron chi connectivity index (χ3n) is 1.78. The summed E-state index contributed by atoms with van der Waals surface area (Å²) in [5.41, 5.74) is 10.5. The molecule has 3 nitrogen and oxygen atoms in total. The second kappa shape index (κ2) is 3.79. The van der Waals surface area contributed by atoms with Gasteiger partial charge in [0.1, 0.15) is 0 Å². The first-order valence-corrected chi connectivity index (χ1v) is 3.85. The minimum atomic E-state index is -0.0735. The predicted octanol–water partition coefficient (Wildman–Crippen LogP) is 3.37. The lowest BCUT2D eigenvalue weighted by atomic mass is 10.1. The van der Waals surface area contributed by atoms with Crippen molar-refractivity contribution in [3.8, 4) is 0 Å². The van der Waals surface area contributed by atoms with Crippen LogP contribution in [0.4, 0.5) is 0 Å². The number of hydrogen-bond acceptors (Lipinski definition) is 1. The molecule has 0 saturated heterocycles. The number of aryl methyl sites for hydroxylation is 1. The monoisotopic (exact) mass is 161 g/mol. The van der Waals surface area contributed by atoms with Crippen molar-refractivity contribution in [3.63, 3.8) is 0 Å². The van der Waals surface area contributed by atoms with Crippen LogP contribution in [0.3, 0.4) is 0 Å². The van der Waals surface area contributed by atoms with E-state index in [4.69, 9.17) is 5.53 Å². The minimum absolute atomic E-state index is 0.0735. The Hall–Kier alpha value is -1.47. The molecule has 62 valence electrons. The normalized spacial score (nSPS) is 11.8. The summed E-state index contributed by atoms with van der Waals surface area (Å²) >= 11 is 0. The zero-order valence-electron chi connectivity index (χ0n) is 7.23. The fourth-order valence-electron chi connectivity index (χ4n) is 0.989. The molecule has 0 aliphatic rings. The molecule has 1 rings (SSSR count). The molecule has 1 unspecified atom stereocenters. The van der Waals surface area contributed by atoms with Crippen molar-refractivity contribution in [2.24, 2.45) is 5.11 Å². The number of rotatable bonds is 2. The van der Waals surface area contributed by atoms with Crippen molar-refractivity contribution < 1.29 is 0 Å². The summed E-state index contributed by atoms with van der Waals surface area (Å²) in [5.74, 6) is 0. The smallest absolute Gasteiger partial charge is 0.0597 e. The molecule has 0 fully saturated rings. The summed E-state index contributed by atoms with van der Waals surface area (Å²) < 4.78 is 0. The first-order valence-electron chi connectivity index (χ1n) is 3.85. The number of hydrogen-bond donors (Lipinski definition) is 0. The summed E-state index contributed by atoms with van der Waals surface area (Å²) in [6, 6.07) is 7.91. The maximum Gasteiger partial charge on any atom is 0.0597 e. The maximum absolute atomic E-state index is 8.21. The summed E-state index contributed by atoms with van der Waals surface area (Å²) in [4.78, 5) is 2.76. The molecule has 0 amide bonds. The Morgan fingerprint density at radius 3 is 2.42 bits per heavy atom. The van der Waals surface area contributed by atoms with E-state index in [2.05, 4.69) is 10.0 Å². The largest absolute Gasteiger partial charge is 0.0862 e. The van der Waals surface area contributed by atoms with E-state index in [1.165, 1.54) is 5.56 Å². The molecule has 1 aromatic carbocycles. The molecule has 0 saturated carbocycles. The summed E-state index contributed by atoms with van der Waals surface area (Å²) in [7, 11) is 0. The van der Waals surface area contributed by atoms with Crippen LogP contribution in [0.1, 0.15) is 24.1 Å². The number of benzene rings is 1. The molecule has 0 aromatic heterocycles. The molecule has 0 radical (unpaired) electrons. The van der Waals surface area contributed by atoms with E-state index in [-0.39, 0.29) is 6.04 Å². The zero-order valence-corrected chi connectivity index (χ0v) is 7.23. The summed E-state index contributed by atoms with van der Waals surface area (Å²) in [5, 5.41) is 3.61. The summed E-state index contributed by atoms with van der Waals surface area (Å²) in [6.45, 7) is 3.91. The quantitative estimate of drug-likeness (QED) is 0.363. The minimum Gasteiger partial charge on any atom is -0.0862 e. The van der Waals surface area contributed by atoms with Crippen LogP contribution >= 0.6 is 0 Å². The lowest BCUT2D eigenvalue weighted by molar-refractivity contribution is 0.807. The van der Waals surface area contributed by atoms with Crippen LogP contribution in [-0.4, -0.2) is 0 Å². The van der Waals surface area contributed by atoms with Gasteiger partial charge in [-0.2, -0.15) is 0 Å². The van der Waals surface area contributed by atoms with Gasteiger partial charge >= 0.3 is 0 Å². The molecule has 0 aliphatic carbocycles. The van der Waals surface area contributed by atoms with E-state index < -0.39 is 0 Å². The topological polar surface area (TPSA) is 48.8 Å². The van der Waals surface area contributed by atoms with Gasteiger partial charge in [-0.15, -0.1) is 0 Å². The first kappa shape index (κ1) is 8.62. The fourth-order valence-corrected chi connectivity index (χ4v) is 0.989. The van der Waals surface area contributed by atoms with Gasteiger partial charge in [0.05, 0.1) is 6.04 Å². The van der Waals surface area contributed by atoms with Crippen LogP contribution < -0.4 is 0 Å². The molecule has 12 heavy (non-hydrogen) atoms. The van der Waals surface area contributed by atoms with Gasteiger partial charge < -0.3 is 0 Å². The van der Waals surface area contributed by atoms with Gasteiger partial charge in [-0.25, -0.2) is 0 Å². The average molecular weight is 161 g/mol. The van der Waals surface area contributed by atoms with Gasteiger partial charge in [-0.1, -0.05) is 41.9 Å². The molecule has 0 spiro atoms. The molecular weight excluding hydrogens is 150 g/mol. The van der Waals surface area contributed by atoms with E-state index in [1.807, 2.05) is 38.1 Å². The fraction of sp³-hybridized carbons (Fsp3) is 0.333.